The Morgan fingerprint density at radius 1 is 1.38 bits per heavy atom. The van der Waals surface area contributed by atoms with Crippen molar-refractivity contribution in [2.45, 2.75) is 38.7 Å². The number of ether oxygens (including phenoxy) is 1. The first-order valence-electron chi connectivity index (χ1n) is 5.32. The molecule has 0 saturated carbocycles. The minimum Gasteiger partial charge on any atom is -0.373 e. The molecule has 1 aromatic carbocycles. The second kappa shape index (κ2) is 4.09. The molecule has 0 spiro atoms. The van der Waals surface area contributed by atoms with Crippen LogP contribution in [-0.2, 0) is 23.9 Å². The molecule has 0 amide bonds. The van der Waals surface area contributed by atoms with Crippen LogP contribution in [0.2, 0.25) is 0 Å². The second-order valence-corrected chi connectivity index (χ2v) is 3.99. The van der Waals surface area contributed by atoms with Crippen molar-refractivity contribution in [3.05, 3.63) is 34.9 Å². The van der Waals surface area contributed by atoms with E-state index in [1.165, 1.54) is 6.07 Å². The molecule has 88 valence electrons. The van der Waals surface area contributed by atoms with E-state index in [0.717, 1.165) is 12.5 Å². The summed E-state index contributed by atoms with van der Waals surface area (Å²) in [6, 6.07) is 4.30. The fourth-order valence-electron chi connectivity index (χ4n) is 2.03. The number of halogens is 3. The Hall–Kier alpha value is -1.03. The monoisotopic (exact) mass is 230 g/mol. The van der Waals surface area contributed by atoms with E-state index in [0.29, 0.717) is 17.5 Å². The van der Waals surface area contributed by atoms with Crippen LogP contribution in [0.1, 0.15) is 30.0 Å². The maximum atomic E-state index is 12.8. The van der Waals surface area contributed by atoms with E-state index in [4.69, 9.17) is 4.74 Å². The Morgan fingerprint density at radius 3 is 2.75 bits per heavy atom. The first-order valence-corrected chi connectivity index (χ1v) is 5.32. The number of rotatable bonds is 1. The van der Waals surface area contributed by atoms with E-state index < -0.39 is 11.7 Å². The number of hydrogen-bond donors (Lipinski definition) is 0. The second-order valence-electron chi connectivity index (χ2n) is 3.99. The highest BCUT2D eigenvalue weighted by Gasteiger charge is 2.35. The van der Waals surface area contributed by atoms with E-state index in [9.17, 15) is 13.2 Å². The minimum atomic E-state index is -4.26. The number of fused-ring (bicyclic) bond motifs is 1. The van der Waals surface area contributed by atoms with Gasteiger partial charge in [-0.3, -0.25) is 0 Å². The molecule has 1 aromatic rings. The van der Waals surface area contributed by atoms with Gasteiger partial charge >= 0.3 is 6.18 Å². The van der Waals surface area contributed by atoms with Gasteiger partial charge in [0.1, 0.15) is 0 Å². The highest BCUT2D eigenvalue weighted by Crippen LogP contribution is 2.36. The largest absolute Gasteiger partial charge is 0.416 e. The molecule has 0 fully saturated rings. The van der Waals surface area contributed by atoms with Crippen LogP contribution in [0, 0.1) is 0 Å². The highest BCUT2D eigenvalue weighted by atomic mass is 19.4. The molecule has 0 radical (unpaired) electrons. The van der Waals surface area contributed by atoms with Gasteiger partial charge in [0.2, 0.25) is 0 Å². The summed E-state index contributed by atoms with van der Waals surface area (Å²) in [6.07, 6.45) is -3.25. The molecule has 0 saturated heterocycles. The summed E-state index contributed by atoms with van der Waals surface area (Å²) in [7, 11) is 0. The highest BCUT2D eigenvalue weighted by molar-refractivity contribution is 5.38. The Labute approximate surface area is 92.2 Å². The van der Waals surface area contributed by atoms with Crippen LogP contribution >= 0.6 is 0 Å². The topological polar surface area (TPSA) is 9.23 Å². The predicted octanol–water partition coefficient (Wildman–Crippen LogP) is 3.56. The molecule has 2 rings (SSSR count). The van der Waals surface area contributed by atoms with Crippen LogP contribution in [0.3, 0.4) is 0 Å². The molecule has 0 N–H and O–H groups in total. The molecule has 4 heteroatoms. The van der Waals surface area contributed by atoms with Gasteiger partial charge in [-0.25, -0.2) is 0 Å². The van der Waals surface area contributed by atoms with Gasteiger partial charge in [0.25, 0.3) is 0 Å². The number of alkyl halides is 3. The van der Waals surface area contributed by atoms with Gasteiger partial charge in [-0.05, 0) is 30.0 Å². The van der Waals surface area contributed by atoms with Crippen LogP contribution in [0.4, 0.5) is 13.2 Å². The molecule has 0 bridgehead atoms. The zero-order valence-corrected chi connectivity index (χ0v) is 8.97. The van der Waals surface area contributed by atoms with Crippen molar-refractivity contribution in [2.24, 2.45) is 0 Å². The van der Waals surface area contributed by atoms with Gasteiger partial charge < -0.3 is 4.74 Å². The third-order valence-electron chi connectivity index (χ3n) is 2.94. The molecule has 0 aliphatic carbocycles. The smallest absolute Gasteiger partial charge is 0.373 e. The lowest BCUT2D eigenvalue weighted by atomic mass is 9.93. The molecule has 0 unspecified atom stereocenters. The van der Waals surface area contributed by atoms with Crippen LogP contribution in [0.15, 0.2) is 18.2 Å². The maximum Gasteiger partial charge on any atom is 0.416 e. The SMILES string of the molecule is CC[C@@H]1Cc2c(cccc2C(F)(F)F)CO1. The first kappa shape index (κ1) is 11.5. The van der Waals surface area contributed by atoms with Crippen LogP contribution in [0.25, 0.3) is 0 Å². The molecular formula is C12H13F3O. The van der Waals surface area contributed by atoms with Crippen molar-refractivity contribution in [2.75, 3.05) is 0 Å². The van der Waals surface area contributed by atoms with E-state index in [1.54, 1.807) is 6.07 Å². The summed E-state index contributed by atoms with van der Waals surface area (Å²) >= 11 is 0. The predicted molar refractivity (Wildman–Crippen MR) is 54.0 cm³/mol. The fourth-order valence-corrected chi connectivity index (χ4v) is 2.03. The number of benzene rings is 1. The van der Waals surface area contributed by atoms with Gasteiger partial charge in [-0.2, -0.15) is 13.2 Å². The lowest BCUT2D eigenvalue weighted by molar-refractivity contribution is -0.138. The summed E-state index contributed by atoms with van der Waals surface area (Å²) in [4.78, 5) is 0. The van der Waals surface area contributed by atoms with Gasteiger partial charge in [-0.15, -0.1) is 0 Å². The fraction of sp³-hybridized carbons (Fsp3) is 0.500. The van der Waals surface area contributed by atoms with Gasteiger partial charge in [-0.1, -0.05) is 19.1 Å². The average molecular weight is 230 g/mol. The molecule has 1 aliphatic rings. The average Bonchev–Trinajstić information content (AvgIpc) is 2.26. The molecule has 1 atom stereocenters. The zero-order valence-electron chi connectivity index (χ0n) is 8.97. The van der Waals surface area contributed by atoms with E-state index in [1.807, 2.05) is 6.92 Å². The van der Waals surface area contributed by atoms with E-state index in [-0.39, 0.29) is 12.7 Å². The molecular weight excluding hydrogens is 217 g/mol. The summed E-state index contributed by atoms with van der Waals surface area (Å²) in [5, 5.41) is 0. The third-order valence-corrected chi connectivity index (χ3v) is 2.94. The molecule has 0 aromatic heterocycles. The minimum absolute atomic E-state index is 0.0870. The van der Waals surface area contributed by atoms with Crippen molar-refractivity contribution < 1.29 is 17.9 Å². The Balaban J connectivity index is 2.42. The first-order chi connectivity index (χ1) is 7.52. The van der Waals surface area contributed by atoms with Crippen molar-refractivity contribution >= 4 is 0 Å². The summed E-state index contributed by atoms with van der Waals surface area (Å²) < 4.78 is 43.8. The normalized spacial score (nSPS) is 20.6. The maximum absolute atomic E-state index is 12.8. The van der Waals surface area contributed by atoms with Crippen LogP contribution in [0.5, 0.6) is 0 Å². The Kier molecular flexibility index (Phi) is 2.93. The molecule has 1 aliphatic heterocycles. The van der Waals surface area contributed by atoms with Crippen LogP contribution < -0.4 is 0 Å². The molecule has 16 heavy (non-hydrogen) atoms. The summed E-state index contributed by atoms with van der Waals surface area (Å²) in [5.41, 5.74) is 0.569. The Morgan fingerprint density at radius 2 is 2.12 bits per heavy atom. The standard InChI is InChI=1S/C12H13F3O/c1-2-9-6-10-8(7-16-9)4-3-5-11(10)12(13,14)15/h3-5,9H,2,6-7H2,1H3/t9-/m1/s1. The van der Waals surface area contributed by atoms with Crippen molar-refractivity contribution in [3.63, 3.8) is 0 Å². The molecule has 1 heterocycles. The van der Waals surface area contributed by atoms with Crippen molar-refractivity contribution in [1.82, 2.24) is 0 Å². The summed E-state index contributed by atoms with van der Waals surface area (Å²) in [5.74, 6) is 0. The van der Waals surface area contributed by atoms with Gasteiger partial charge in [0.15, 0.2) is 0 Å². The lowest BCUT2D eigenvalue weighted by Crippen LogP contribution is -2.24. The summed E-state index contributed by atoms with van der Waals surface area (Å²) in [6.45, 7) is 2.21. The number of hydrogen-bond acceptors (Lipinski definition) is 1. The zero-order chi connectivity index (χ0) is 11.8. The van der Waals surface area contributed by atoms with E-state index >= 15 is 0 Å². The van der Waals surface area contributed by atoms with E-state index in [2.05, 4.69) is 0 Å². The van der Waals surface area contributed by atoms with Crippen molar-refractivity contribution in [1.29, 1.82) is 0 Å². The Bertz CT molecular complexity index is 384. The van der Waals surface area contributed by atoms with Crippen LogP contribution in [-0.4, -0.2) is 6.10 Å². The van der Waals surface area contributed by atoms with Crippen molar-refractivity contribution in [3.8, 4) is 0 Å². The quantitative estimate of drug-likeness (QED) is 0.716. The molecule has 1 nitrogen and oxygen atoms in total. The third kappa shape index (κ3) is 2.07. The van der Waals surface area contributed by atoms with Gasteiger partial charge in [0, 0.05) is 0 Å². The van der Waals surface area contributed by atoms with Gasteiger partial charge in [0.05, 0.1) is 18.3 Å². The lowest BCUT2D eigenvalue weighted by Gasteiger charge is -2.27.